The molecule has 3 N–H and O–H groups in total. The summed E-state index contributed by atoms with van der Waals surface area (Å²) in [6.07, 6.45) is 1.91. The molecule has 0 radical (unpaired) electrons. The van der Waals surface area contributed by atoms with Crippen molar-refractivity contribution in [3.05, 3.63) is 0 Å². The average Bonchev–Trinajstić information content (AvgIpc) is 1.60. The highest BCUT2D eigenvalue weighted by atomic mass is 16.4. The van der Waals surface area contributed by atoms with E-state index in [-0.39, 0.29) is 6.04 Å². The summed E-state index contributed by atoms with van der Waals surface area (Å²) in [5.74, 6) is 5.16. The fourth-order valence-electron chi connectivity index (χ4n) is 0.821. The third kappa shape index (κ3) is 1.13. The van der Waals surface area contributed by atoms with Crippen LogP contribution in [0.2, 0.25) is 0 Å². The van der Waals surface area contributed by atoms with E-state index in [1.54, 1.807) is 0 Å². The first-order valence-corrected chi connectivity index (χ1v) is 2.98. The molecule has 0 atom stereocenters. The van der Waals surface area contributed by atoms with Gasteiger partial charge in [-0.3, -0.25) is 0 Å². The normalized spacial score (nSPS) is 18.8. The Balaban J connectivity index is 2.32. The van der Waals surface area contributed by atoms with E-state index in [2.05, 4.69) is 0 Å². The fourth-order valence-corrected chi connectivity index (χ4v) is 0.821. The zero-order valence-corrected chi connectivity index (χ0v) is 5.08. The number of rotatable bonds is 1. The number of hydrogen-bond donors (Lipinski definition) is 2. The Kier molecular flexibility index (Phi) is 1.57. The summed E-state index contributed by atoms with van der Waals surface area (Å²) < 4.78 is 0. The van der Waals surface area contributed by atoms with Gasteiger partial charge >= 0.3 is 6.09 Å². The van der Waals surface area contributed by atoms with Gasteiger partial charge in [0.05, 0.1) is 6.04 Å². The zero-order chi connectivity index (χ0) is 6.85. The van der Waals surface area contributed by atoms with Gasteiger partial charge in [-0.25, -0.2) is 15.6 Å². The maximum absolute atomic E-state index is 10.1. The van der Waals surface area contributed by atoms with Crippen LogP contribution in [0.5, 0.6) is 0 Å². The summed E-state index contributed by atoms with van der Waals surface area (Å²) in [7, 11) is 0. The molecule has 1 fully saturated rings. The molecule has 52 valence electrons. The third-order valence-corrected chi connectivity index (χ3v) is 1.69. The molecule has 4 heteroatoms. The van der Waals surface area contributed by atoms with Crippen molar-refractivity contribution in [2.45, 2.75) is 25.3 Å². The summed E-state index contributed by atoms with van der Waals surface area (Å²) in [5, 5.41) is 9.21. The van der Waals surface area contributed by atoms with Crippen LogP contribution in [-0.4, -0.2) is 22.3 Å². The molecule has 0 aliphatic heterocycles. The lowest BCUT2D eigenvalue weighted by Crippen LogP contribution is -2.48. The number of hydrogen-bond acceptors (Lipinski definition) is 2. The van der Waals surface area contributed by atoms with Crippen LogP contribution in [0, 0.1) is 0 Å². The van der Waals surface area contributed by atoms with Gasteiger partial charge in [-0.05, 0) is 19.3 Å². The highest BCUT2D eigenvalue weighted by Gasteiger charge is 2.25. The number of carbonyl (C=O) groups is 1. The smallest absolute Gasteiger partial charge is 0.421 e. The van der Waals surface area contributed by atoms with Crippen molar-refractivity contribution in [1.29, 1.82) is 0 Å². The molecule has 0 bridgehead atoms. The van der Waals surface area contributed by atoms with Crippen molar-refractivity contribution >= 4 is 6.09 Å². The predicted octanol–water partition coefficient (Wildman–Crippen LogP) is 0.393. The van der Waals surface area contributed by atoms with E-state index in [9.17, 15) is 4.79 Å². The van der Waals surface area contributed by atoms with E-state index in [1.165, 1.54) is 0 Å². The summed E-state index contributed by atoms with van der Waals surface area (Å²) in [6, 6.07) is 0.0856. The van der Waals surface area contributed by atoms with Gasteiger partial charge < -0.3 is 5.11 Å². The number of nitrogens with zero attached hydrogens (tertiary/aromatic N) is 1. The van der Waals surface area contributed by atoms with E-state index < -0.39 is 6.09 Å². The van der Waals surface area contributed by atoms with Gasteiger partial charge in [-0.15, -0.1) is 0 Å². The van der Waals surface area contributed by atoms with Crippen LogP contribution < -0.4 is 5.84 Å². The first kappa shape index (κ1) is 6.35. The van der Waals surface area contributed by atoms with E-state index in [0.717, 1.165) is 24.3 Å². The lowest BCUT2D eigenvalue weighted by atomic mass is 9.93. The molecule has 0 aromatic carbocycles. The third-order valence-electron chi connectivity index (χ3n) is 1.69. The molecule has 1 saturated carbocycles. The molecular formula is C5H10N2O2. The molecule has 9 heavy (non-hydrogen) atoms. The second-order valence-electron chi connectivity index (χ2n) is 2.27. The second-order valence-corrected chi connectivity index (χ2v) is 2.27. The molecular weight excluding hydrogens is 120 g/mol. The fraction of sp³-hybridized carbons (Fsp3) is 0.800. The van der Waals surface area contributed by atoms with E-state index in [1.807, 2.05) is 0 Å². The van der Waals surface area contributed by atoms with Gasteiger partial charge in [0.15, 0.2) is 0 Å². The van der Waals surface area contributed by atoms with Crippen LogP contribution >= 0.6 is 0 Å². The van der Waals surface area contributed by atoms with Crippen LogP contribution in [0.25, 0.3) is 0 Å². The van der Waals surface area contributed by atoms with Crippen LogP contribution in [0.15, 0.2) is 0 Å². The van der Waals surface area contributed by atoms with Gasteiger partial charge in [0.2, 0.25) is 0 Å². The second kappa shape index (κ2) is 2.23. The van der Waals surface area contributed by atoms with E-state index in [4.69, 9.17) is 10.9 Å². The quantitative estimate of drug-likeness (QED) is 0.306. The molecule has 0 unspecified atom stereocenters. The van der Waals surface area contributed by atoms with Crippen LogP contribution in [0.3, 0.4) is 0 Å². The van der Waals surface area contributed by atoms with Crippen molar-refractivity contribution in [1.82, 2.24) is 5.01 Å². The maximum atomic E-state index is 10.1. The van der Waals surface area contributed by atoms with Gasteiger partial charge in [0, 0.05) is 0 Å². The van der Waals surface area contributed by atoms with Crippen molar-refractivity contribution in [2.24, 2.45) is 5.84 Å². The predicted molar refractivity (Wildman–Crippen MR) is 31.7 cm³/mol. The maximum Gasteiger partial charge on any atom is 0.421 e. The molecule has 1 rings (SSSR count). The highest BCUT2D eigenvalue weighted by molar-refractivity contribution is 5.64. The Hall–Kier alpha value is -0.770. The Morgan fingerprint density at radius 3 is 2.33 bits per heavy atom. The number of nitrogens with two attached hydrogens (primary N) is 1. The molecule has 1 aliphatic carbocycles. The van der Waals surface area contributed by atoms with Crippen molar-refractivity contribution in [3.63, 3.8) is 0 Å². The lowest BCUT2D eigenvalue weighted by molar-refractivity contribution is 0.0979. The number of hydrazine groups is 1. The van der Waals surface area contributed by atoms with E-state index >= 15 is 0 Å². The largest absolute Gasteiger partial charge is 0.464 e. The van der Waals surface area contributed by atoms with Gasteiger partial charge in [0.25, 0.3) is 0 Å². The number of amides is 1. The molecule has 0 heterocycles. The minimum absolute atomic E-state index is 0.0856. The van der Waals surface area contributed by atoms with Crippen LogP contribution in [-0.2, 0) is 0 Å². The Labute approximate surface area is 53.2 Å². The molecule has 1 aliphatic rings. The minimum atomic E-state index is -1.03. The first-order valence-electron chi connectivity index (χ1n) is 2.98. The van der Waals surface area contributed by atoms with Gasteiger partial charge in [-0.2, -0.15) is 0 Å². The van der Waals surface area contributed by atoms with E-state index in [0.29, 0.717) is 0 Å². The van der Waals surface area contributed by atoms with Gasteiger partial charge in [0.1, 0.15) is 0 Å². The number of carboxylic acid groups (broad SMARTS) is 1. The van der Waals surface area contributed by atoms with Crippen LogP contribution in [0.4, 0.5) is 4.79 Å². The molecule has 0 spiro atoms. The van der Waals surface area contributed by atoms with Crippen molar-refractivity contribution < 1.29 is 9.90 Å². The summed E-state index contributed by atoms with van der Waals surface area (Å²) in [5.41, 5.74) is 0. The highest BCUT2D eigenvalue weighted by Crippen LogP contribution is 2.22. The molecule has 0 saturated heterocycles. The van der Waals surface area contributed by atoms with Crippen LogP contribution in [0.1, 0.15) is 19.3 Å². The van der Waals surface area contributed by atoms with Crippen molar-refractivity contribution in [3.8, 4) is 0 Å². The topological polar surface area (TPSA) is 66.6 Å². The zero-order valence-electron chi connectivity index (χ0n) is 5.08. The molecule has 0 aromatic heterocycles. The Morgan fingerprint density at radius 1 is 1.67 bits per heavy atom. The molecule has 0 aromatic rings. The van der Waals surface area contributed by atoms with Crippen molar-refractivity contribution in [2.75, 3.05) is 0 Å². The van der Waals surface area contributed by atoms with Gasteiger partial charge in [-0.1, -0.05) is 0 Å². The standard InChI is InChI=1S/C5H10N2O2/c6-7(5(8)9)4-2-1-3-4/h4H,1-3,6H2,(H,8,9). The Bertz CT molecular complexity index is 122. The molecule has 4 nitrogen and oxygen atoms in total. The summed E-state index contributed by atoms with van der Waals surface area (Å²) in [6.45, 7) is 0. The SMILES string of the molecule is NN(C(=O)O)C1CCC1. The monoisotopic (exact) mass is 130 g/mol. The average molecular weight is 130 g/mol. The Morgan fingerprint density at radius 2 is 2.22 bits per heavy atom. The first-order chi connectivity index (χ1) is 4.22. The molecule has 1 amide bonds. The lowest BCUT2D eigenvalue weighted by Gasteiger charge is -2.31. The summed E-state index contributed by atoms with van der Waals surface area (Å²) in [4.78, 5) is 10.1. The summed E-state index contributed by atoms with van der Waals surface area (Å²) >= 11 is 0. The minimum Gasteiger partial charge on any atom is -0.464 e.